The third kappa shape index (κ3) is 5.02. The third-order valence-electron chi connectivity index (χ3n) is 5.42. The van der Waals surface area contributed by atoms with E-state index in [4.69, 9.17) is 16.3 Å². The minimum atomic E-state index is 0.00518. The molecule has 0 atom stereocenters. The molecule has 3 aromatic rings. The van der Waals surface area contributed by atoms with Crippen molar-refractivity contribution in [1.29, 1.82) is 0 Å². The lowest BCUT2D eigenvalue weighted by Gasteiger charge is -2.39. The Kier molecular flexibility index (Phi) is 6.67. The van der Waals surface area contributed by atoms with E-state index in [2.05, 4.69) is 53.4 Å². The quantitative estimate of drug-likeness (QED) is 0.581. The highest BCUT2D eigenvalue weighted by atomic mass is 35.5. The predicted octanol–water partition coefficient (Wildman–Crippen LogP) is 4.65. The predicted molar refractivity (Wildman–Crippen MR) is 120 cm³/mol. The summed E-state index contributed by atoms with van der Waals surface area (Å²) in [6.45, 7) is 3.04. The van der Waals surface area contributed by atoms with Crippen LogP contribution >= 0.6 is 11.6 Å². The van der Waals surface area contributed by atoms with Crippen molar-refractivity contribution in [1.82, 2.24) is 9.80 Å². The number of halogens is 1. The molecule has 1 aliphatic rings. The van der Waals surface area contributed by atoms with Crippen LogP contribution in [0.4, 0.5) is 0 Å². The largest absolute Gasteiger partial charge is 0.484 e. The molecule has 0 radical (unpaired) electrons. The van der Waals surface area contributed by atoms with Gasteiger partial charge < -0.3 is 9.64 Å². The number of ether oxygens (including phenoxy) is 1. The SMILES string of the molecule is O=C(COc1cccc(Cl)c1)N1CCN(C(c2ccccc2)c2ccccc2)CC1. The second kappa shape index (κ2) is 9.79. The van der Waals surface area contributed by atoms with Crippen molar-refractivity contribution >= 4 is 17.5 Å². The van der Waals surface area contributed by atoms with E-state index in [0.29, 0.717) is 23.9 Å². The van der Waals surface area contributed by atoms with Crippen LogP contribution in [0, 0.1) is 0 Å². The van der Waals surface area contributed by atoms with E-state index < -0.39 is 0 Å². The number of piperazine rings is 1. The minimum Gasteiger partial charge on any atom is -0.484 e. The highest BCUT2D eigenvalue weighted by Gasteiger charge is 2.28. The van der Waals surface area contributed by atoms with Crippen LogP contribution in [0.25, 0.3) is 0 Å². The first kappa shape index (κ1) is 20.5. The van der Waals surface area contributed by atoms with Gasteiger partial charge in [0.05, 0.1) is 6.04 Å². The number of hydrogen-bond donors (Lipinski definition) is 0. The fourth-order valence-corrected chi connectivity index (χ4v) is 4.09. The van der Waals surface area contributed by atoms with Gasteiger partial charge in [0.1, 0.15) is 5.75 Å². The molecule has 1 amide bonds. The first-order valence-electron chi connectivity index (χ1n) is 10.2. The third-order valence-corrected chi connectivity index (χ3v) is 5.66. The first-order chi connectivity index (χ1) is 14.7. The lowest BCUT2D eigenvalue weighted by molar-refractivity contribution is -0.135. The molecule has 3 aromatic carbocycles. The Morgan fingerprint density at radius 3 is 2.00 bits per heavy atom. The van der Waals surface area contributed by atoms with Gasteiger partial charge in [-0.1, -0.05) is 78.3 Å². The van der Waals surface area contributed by atoms with Crippen molar-refractivity contribution < 1.29 is 9.53 Å². The van der Waals surface area contributed by atoms with Crippen LogP contribution in [0.2, 0.25) is 5.02 Å². The summed E-state index contributed by atoms with van der Waals surface area (Å²) >= 11 is 5.97. The van der Waals surface area contributed by atoms with Crippen LogP contribution in [0.3, 0.4) is 0 Å². The molecule has 1 saturated heterocycles. The number of carbonyl (C=O) groups excluding carboxylic acids is 1. The molecule has 154 valence electrons. The van der Waals surface area contributed by atoms with E-state index in [9.17, 15) is 4.79 Å². The number of benzene rings is 3. The normalized spacial score (nSPS) is 14.7. The smallest absolute Gasteiger partial charge is 0.260 e. The number of rotatable bonds is 6. The molecule has 0 N–H and O–H groups in total. The van der Waals surface area contributed by atoms with E-state index in [1.54, 1.807) is 18.2 Å². The molecule has 30 heavy (non-hydrogen) atoms. The molecule has 1 heterocycles. The Balaban J connectivity index is 1.39. The van der Waals surface area contributed by atoms with Gasteiger partial charge in [0.15, 0.2) is 6.61 Å². The van der Waals surface area contributed by atoms with Gasteiger partial charge in [-0.2, -0.15) is 0 Å². The van der Waals surface area contributed by atoms with Gasteiger partial charge in [-0.3, -0.25) is 9.69 Å². The average Bonchev–Trinajstić information content (AvgIpc) is 2.80. The Bertz CT molecular complexity index is 918. The van der Waals surface area contributed by atoms with E-state index >= 15 is 0 Å². The highest BCUT2D eigenvalue weighted by molar-refractivity contribution is 6.30. The molecular weight excluding hydrogens is 396 g/mol. The lowest BCUT2D eigenvalue weighted by atomic mass is 9.96. The minimum absolute atomic E-state index is 0.00518. The van der Waals surface area contributed by atoms with Crippen LogP contribution in [0.15, 0.2) is 84.9 Å². The Morgan fingerprint density at radius 1 is 0.833 bits per heavy atom. The number of nitrogens with zero attached hydrogens (tertiary/aromatic N) is 2. The van der Waals surface area contributed by atoms with E-state index in [1.165, 1.54) is 11.1 Å². The molecular formula is C25H25ClN2O2. The van der Waals surface area contributed by atoms with Gasteiger partial charge in [0, 0.05) is 31.2 Å². The fourth-order valence-electron chi connectivity index (χ4n) is 3.91. The first-order valence-corrected chi connectivity index (χ1v) is 10.6. The summed E-state index contributed by atoms with van der Waals surface area (Å²) in [4.78, 5) is 17.0. The molecule has 0 spiro atoms. The molecule has 0 aliphatic carbocycles. The van der Waals surface area contributed by atoms with Gasteiger partial charge in [0.25, 0.3) is 5.91 Å². The molecule has 5 heteroatoms. The van der Waals surface area contributed by atoms with Gasteiger partial charge >= 0.3 is 0 Å². The zero-order valence-electron chi connectivity index (χ0n) is 16.8. The van der Waals surface area contributed by atoms with Crippen LogP contribution in [-0.2, 0) is 4.79 Å². The van der Waals surface area contributed by atoms with Gasteiger partial charge in [-0.05, 0) is 29.3 Å². The van der Waals surface area contributed by atoms with Crippen LogP contribution in [0.1, 0.15) is 17.2 Å². The molecule has 4 rings (SSSR count). The van der Waals surface area contributed by atoms with Crippen molar-refractivity contribution in [2.24, 2.45) is 0 Å². The zero-order valence-corrected chi connectivity index (χ0v) is 17.5. The Hall–Kier alpha value is -2.82. The molecule has 1 aliphatic heterocycles. The summed E-state index contributed by atoms with van der Waals surface area (Å²) in [6.07, 6.45) is 0. The standard InChI is InChI=1S/C25H25ClN2O2/c26-22-12-7-13-23(18-22)30-19-24(29)27-14-16-28(17-15-27)25(20-8-3-1-4-9-20)21-10-5-2-6-11-21/h1-13,18,25H,14-17,19H2. The van der Waals surface area contributed by atoms with Gasteiger partial charge in [-0.15, -0.1) is 0 Å². The number of carbonyl (C=O) groups is 1. The van der Waals surface area contributed by atoms with Crippen LogP contribution in [0.5, 0.6) is 5.75 Å². The highest BCUT2D eigenvalue weighted by Crippen LogP contribution is 2.29. The lowest BCUT2D eigenvalue weighted by Crippen LogP contribution is -2.51. The average molecular weight is 421 g/mol. The Labute approximate surface area is 182 Å². The molecule has 0 unspecified atom stereocenters. The van der Waals surface area contributed by atoms with Gasteiger partial charge in [0.2, 0.25) is 0 Å². The molecule has 1 fully saturated rings. The maximum Gasteiger partial charge on any atom is 0.260 e. The number of hydrogen-bond acceptors (Lipinski definition) is 3. The van der Waals surface area contributed by atoms with Crippen molar-refractivity contribution in [3.05, 3.63) is 101 Å². The summed E-state index contributed by atoms with van der Waals surface area (Å²) < 4.78 is 5.63. The topological polar surface area (TPSA) is 32.8 Å². The van der Waals surface area contributed by atoms with E-state index in [-0.39, 0.29) is 18.6 Å². The summed E-state index contributed by atoms with van der Waals surface area (Å²) in [5.41, 5.74) is 2.54. The Morgan fingerprint density at radius 2 is 1.43 bits per heavy atom. The molecule has 0 bridgehead atoms. The fraction of sp³-hybridized carbons (Fsp3) is 0.240. The second-order valence-electron chi connectivity index (χ2n) is 7.39. The van der Waals surface area contributed by atoms with E-state index in [1.807, 2.05) is 23.1 Å². The van der Waals surface area contributed by atoms with Gasteiger partial charge in [-0.25, -0.2) is 0 Å². The zero-order chi connectivity index (χ0) is 20.8. The summed E-state index contributed by atoms with van der Waals surface area (Å²) in [7, 11) is 0. The number of amides is 1. The van der Waals surface area contributed by atoms with Crippen molar-refractivity contribution in [2.45, 2.75) is 6.04 Å². The van der Waals surface area contributed by atoms with Crippen molar-refractivity contribution in [2.75, 3.05) is 32.8 Å². The van der Waals surface area contributed by atoms with Crippen molar-refractivity contribution in [3.63, 3.8) is 0 Å². The monoisotopic (exact) mass is 420 g/mol. The maximum atomic E-state index is 12.6. The summed E-state index contributed by atoms with van der Waals surface area (Å²) in [5.74, 6) is 0.619. The van der Waals surface area contributed by atoms with Crippen LogP contribution < -0.4 is 4.74 Å². The molecule has 0 aromatic heterocycles. The summed E-state index contributed by atoms with van der Waals surface area (Å²) in [6, 6.07) is 28.4. The van der Waals surface area contributed by atoms with Crippen molar-refractivity contribution in [3.8, 4) is 5.75 Å². The van der Waals surface area contributed by atoms with E-state index in [0.717, 1.165) is 13.1 Å². The maximum absolute atomic E-state index is 12.6. The second-order valence-corrected chi connectivity index (χ2v) is 7.82. The summed E-state index contributed by atoms with van der Waals surface area (Å²) in [5, 5.41) is 0.599. The molecule has 0 saturated carbocycles. The van der Waals surface area contributed by atoms with Crippen LogP contribution in [-0.4, -0.2) is 48.5 Å². The molecule has 4 nitrogen and oxygen atoms in total.